The van der Waals surface area contributed by atoms with Crippen LogP contribution in [0.4, 0.5) is 0 Å². The van der Waals surface area contributed by atoms with Crippen LogP contribution in [0, 0.1) is 20.8 Å². The lowest BCUT2D eigenvalue weighted by atomic mass is 10.1. The Hall–Kier alpha value is -2.56. The fourth-order valence-corrected chi connectivity index (χ4v) is 3.74. The van der Waals surface area contributed by atoms with Crippen molar-refractivity contribution in [2.75, 3.05) is 26.2 Å². The van der Waals surface area contributed by atoms with Gasteiger partial charge in [-0.2, -0.15) is 0 Å². The Balaban J connectivity index is 1.64. The van der Waals surface area contributed by atoms with E-state index in [1.807, 2.05) is 48.0 Å². The van der Waals surface area contributed by atoms with Crippen LogP contribution in [-0.2, 0) is 18.3 Å². The molecule has 5 heteroatoms. The molecule has 1 aliphatic rings. The lowest BCUT2D eigenvalue weighted by Gasteiger charge is -2.23. The van der Waals surface area contributed by atoms with Crippen molar-refractivity contribution in [2.45, 2.75) is 33.6 Å². The Morgan fingerprint density at radius 2 is 1.63 bits per heavy atom. The number of nitrogens with zero attached hydrogens (tertiary/aromatic N) is 3. The van der Waals surface area contributed by atoms with Gasteiger partial charge >= 0.3 is 0 Å². The third kappa shape index (κ3) is 4.07. The van der Waals surface area contributed by atoms with Crippen LogP contribution in [0.25, 0.3) is 0 Å². The minimum Gasteiger partial charge on any atom is -0.352 e. The molecule has 0 N–H and O–H groups in total. The van der Waals surface area contributed by atoms with Gasteiger partial charge in [0.1, 0.15) is 0 Å². The van der Waals surface area contributed by atoms with Gasteiger partial charge in [-0.25, -0.2) is 0 Å². The van der Waals surface area contributed by atoms with Crippen molar-refractivity contribution in [3.63, 3.8) is 0 Å². The van der Waals surface area contributed by atoms with E-state index in [2.05, 4.69) is 24.5 Å². The second-order valence-electron chi connectivity index (χ2n) is 7.47. The molecule has 0 radical (unpaired) electrons. The SMILES string of the molecule is Cc1ccccc1C(=O)N1CCCN(C(=O)Cc2cc(C)n(C)c2C)CC1. The van der Waals surface area contributed by atoms with Gasteiger partial charge in [-0.05, 0) is 50.5 Å². The van der Waals surface area contributed by atoms with E-state index in [1.54, 1.807) is 0 Å². The Bertz CT molecular complexity index is 853. The van der Waals surface area contributed by atoms with E-state index in [0.717, 1.165) is 28.8 Å². The molecular formula is C22H29N3O2. The first-order valence-corrected chi connectivity index (χ1v) is 9.63. The van der Waals surface area contributed by atoms with Crippen molar-refractivity contribution < 1.29 is 9.59 Å². The van der Waals surface area contributed by atoms with Gasteiger partial charge in [-0.1, -0.05) is 18.2 Å². The average molecular weight is 367 g/mol. The van der Waals surface area contributed by atoms with E-state index in [0.29, 0.717) is 32.6 Å². The summed E-state index contributed by atoms with van der Waals surface area (Å²) < 4.78 is 2.12. The van der Waals surface area contributed by atoms with Crippen molar-refractivity contribution in [3.8, 4) is 0 Å². The Kier molecular flexibility index (Phi) is 5.68. The van der Waals surface area contributed by atoms with Crippen LogP contribution in [0.2, 0.25) is 0 Å². The standard InChI is InChI=1S/C22H29N3O2/c1-16-8-5-6-9-20(16)22(27)25-11-7-10-24(12-13-25)21(26)15-19-14-17(2)23(4)18(19)3/h5-6,8-9,14H,7,10-13,15H2,1-4H3. The summed E-state index contributed by atoms with van der Waals surface area (Å²) in [7, 11) is 2.03. The maximum absolute atomic E-state index is 12.8. The maximum atomic E-state index is 12.8. The number of carbonyl (C=O) groups is 2. The molecule has 1 saturated heterocycles. The quantitative estimate of drug-likeness (QED) is 0.837. The molecular weight excluding hydrogens is 338 g/mol. The van der Waals surface area contributed by atoms with E-state index in [9.17, 15) is 9.59 Å². The molecule has 5 nitrogen and oxygen atoms in total. The fraction of sp³-hybridized carbons (Fsp3) is 0.455. The van der Waals surface area contributed by atoms with E-state index in [4.69, 9.17) is 0 Å². The number of aromatic nitrogens is 1. The molecule has 1 aromatic carbocycles. The van der Waals surface area contributed by atoms with Crippen LogP contribution in [0.3, 0.4) is 0 Å². The molecule has 1 fully saturated rings. The number of hydrogen-bond acceptors (Lipinski definition) is 2. The predicted octanol–water partition coefficient (Wildman–Crippen LogP) is 2.87. The molecule has 144 valence electrons. The average Bonchev–Trinajstić information content (AvgIpc) is 2.86. The monoisotopic (exact) mass is 367 g/mol. The smallest absolute Gasteiger partial charge is 0.254 e. The van der Waals surface area contributed by atoms with Gasteiger partial charge in [-0.15, -0.1) is 0 Å². The summed E-state index contributed by atoms with van der Waals surface area (Å²) in [6.45, 7) is 8.67. The number of hydrogen-bond donors (Lipinski definition) is 0. The zero-order chi connectivity index (χ0) is 19.6. The normalized spacial score (nSPS) is 15.0. The molecule has 2 aromatic rings. The van der Waals surface area contributed by atoms with Crippen LogP contribution in [0.5, 0.6) is 0 Å². The van der Waals surface area contributed by atoms with Crippen molar-refractivity contribution in [3.05, 3.63) is 58.4 Å². The number of amides is 2. The molecule has 0 unspecified atom stereocenters. The van der Waals surface area contributed by atoms with Crippen molar-refractivity contribution in [1.82, 2.24) is 14.4 Å². The molecule has 0 saturated carbocycles. The molecule has 0 atom stereocenters. The molecule has 27 heavy (non-hydrogen) atoms. The van der Waals surface area contributed by atoms with Gasteiger partial charge in [0.05, 0.1) is 6.42 Å². The number of benzene rings is 1. The summed E-state index contributed by atoms with van der Waals surface area (Å²) in [5, 5.41) is 0. The minimum atomic E-state index is 0.0666. The van der Waals surface area contributed by atoms with E-state index >= 15 is 0 Å². The lowest BCUT2D eigenvalue weighted by molar-refractivity contribution is -0.130. The van der Waals surface area contributed by atoms with Crippen LogP contribution in [-0.4, -0.2) is 52.4 Å². The van der Waals surface area contributed by atoms with Gasteiger partial charge in [0.15, 0.2) is 0 Å². The minimum absolute atomic E-state index is 0.0666. The van der Waals surface area contributed by atoms with Crippen LogP contribution in [0.1, 0.15) is 39.3 Å². The highest BCUT2D eigenvalue weighted by atomic mass is 16.2. The van der Waals surface area contributed by atoms with Gasteiger partial charge in [0.25, 0.3) is 5.91 Å². The summed E-state index contributed by atoms with van der Waals surface area (Å²) in [5.74, 6) is 0.214. The van der Waals surface area contributed by atoms with Gasteiger partial charge < -0.3 is 14.4 Å². The topological polar surface area (TPSA) is 45.6 Å². The highest BCUT2D eigenvalue weighted by Crippen LogP contribution is 2.17. The molecule has 2 amide bonds. The molecule has 0 bridgehead atoms. The number of rotatable bonds is 3. The van der Waals surface area contributed by atoms with E-state index in [1.165, 1.54) is 5.69 Å². The second kappa shape index (κ2) is 7.99. The first-order chi connectivity index (χ1) is 12.9. The number of aryl methyl sites for hydroxylation is 2. The van der Waals surface area contributed by atoms with Gasteiger partial charge in [-0.3, -0.25) is 9.59 Å². The van der Waals surface area contributed by atoms with Crippen molar-refractivity contribution in [1.29, 1.82) is 0 Å². The second-order valence-corrected chi connectivity index (χ2v) is 7.47. The van der Waals surface area contributed by atoms with Crippen LogP contribution in [0.15, 0.2) is 30.3 Å². The summed E-state index contributed by atoms with van der Waals surface area (Å²) in [5.41, 5.74) is 5.16. The molecule has 2 heterocycles. The third-order valence-electron chi connectivity index (χ3n) is 5.73. The van der Waals surface area contributed by atoms with Crippen LogP contribution >= 0.6 is 0 Å². The Morgan fingerprint density at radius 3 is 2.30 bits per heavy atom. The molecule has 0 spiro atoms. The highest BCUT2D eigenvalue weighted by molar-refractivity contribution is 5.95. The summed E-state index contributed by atoms with van der Waals surface area (Å²) in [4.78, 5) is 29.4. The number of carbonyl (C=O) groups excluding carboxylic acids is 2. The molecule has 0 aliphatic carbocycles. The molecule has 1 aromatic heterocycles. The van der Waals surface area contributed by atoms with Crippen molar-refractivity contribution in [2.24, 2.45) is 7.05 Å². The van der Waals surface area contributed by atoms with E-state index in [-0.39, 0.29) is 11.8 Å². The summed E-state index contributed by atoms with van der Waals surface area (Å²) in [6.07, 6.45) is 1.25. The van der Waals surface area contributed by atoms with E-state index < -0.39 is 0 Å². The largest absolute Gasteiger partial charge is 0.352 e. The summed E-state index contributed by atoms with van der Waals surface area (Å²) in [6, 6.07) is 9.79. The Labute approximate surface area is 161 Å². The third-order valence-corrected chi connectivity index (χ3v) is 5.73. The Morgan fingerprint density at radius 1 is 0.963 bits per heavy atom. The zero-order valence-electron chi connectivity index (χ0n) is 16.8. The highest BCUT2D eigenvalue weighted by Gasteiger charge is 2.24. The summed E-state index contributed by atoms with van der Waals surface area (Å²) >= 11 is 0. The molecule has 1 aliphatic heterocycles. The van der Waals surface area contributed by atoms with Gasteiger partial charge in [0.2, 0.25) is 5.91 Å². The lowest BCUT2D eigenvalue weighted by Crippen LogP contribution is -2.38. The zero-order valence-corrected chi connectivity index (χ0v) is 16.8. The van der Waals surface area contributed by atoms with Crippen molar-refractivity contribution >= 4 is 11.8 Å². The maximum Gasteiger partial charge on any atom is 0.254 e. The predicted molar refractivity (Wildman–Crippen MR) is 107 cm³/mol. The molecule has 3 rings (SSSR count). The fourth-order valence-electron chi connectivity index (χ4n) is 3.74. The first kappa shape index (κ1) is 19.2. The first-order valence-electron chi connectivity index (χ1n) is 9.63. The van der Waals surface area contributed by atoms with Gasteiger partial charge in [0, 0.05) is 50.2 Å². The van der Waals surface area contributed by atoms with Crippen LogP contribution < -0.4 is 0 Å².